The first-order valence-corrected chi connectivity index (χ1v) is 48.1. The average Bonchev–Trinajstić information content (AvgIpc) is 0.901. The summed E-state index contributed by atoms with van der Waals surface area (Å²) in [5.74, 6) is -1.27. The molecule has 2 unspecified atom stereocenters. The Morgan fingerprint density at radius 3 is 0.642 bits per heavy atom. The zero-order valence-corrected chi connectivity index (χ0v) is 71.4. The molecular formula is C87H170O17P2. The van der Waals surface area contributed by atoms with Crippen LogP contribution in [0.5, 0.6) is 0 Å². The lowest BCUT2D eigenvalue weighted by Crippen LogP contribution is -2.30. The number of unbranched alkanes of at least 4 members (excludes halogenated alkanes) is 59. The Hall–Kier alpha value is -1.94. The zero-order chi connectivity index (χ0) is 77.6. The van der Waals surface area contributed by atoms with E-state index in [-0.39, 0.29) is 25.7 Å². The Kier molecular flexibility index (Phi) is 78.2. The molecule has 0 rings (SSSR count). The van der Waals surface area contributed by atoms with Gasteiger partial charge in [0.25, 0.3) is 0 Å². The maximum Gasteiger partial charge on any atom is 0.472 e. The molecule has 0 aromatic rings. The molecule has 0 radical (unpaired) electrons. The number of aliphatic hydroxyl groups is 1. The van der Waals surface area contributed by atoms with E-state index in [0.29, 0.717) is 25.7 Å². The fourth-order valence-corrected chi connectivity index (χ4v) is 15.2. The summed E-state index contributed by atoms with van der Waals surface area (Å²) in [4.78, 5) is 73.3. The van der Waals surface area contributed by atoms with Gasteiger partial charge < -0.3 is 33.8 Å². The highest BCUT2D eigenvalue weighted by Gasteiger charge is 2.30. The third-order valence-corrected chi connectivity index (χ3v) is 22.4. The highest BCUT2D eigenvalue weighted by atomic mass is 31.2. The van der Waals surface area contributed by atoms with E-state index in [1.54, 1.807) is 0 Å². The fourth-order valence-electron chi connectivity index (χ4n) is 13.6. The minimum absolute atomic E-state index is 0.109. The van der Waals surface area contributed by atoms with E-state index in [1.165, 1.54) is 295 Å². The van der Waals surface area contributed by atoms with Crippen LogP contribution < -0.4 is 0 Å². The number of esters is 4. The third-order valence-electron chi connectivity index (χ3n) is 20.5. The van der Waals surface area contributed by atoms with Crippen LogP contribution in [0.15, 0.2) is 0 Å². The Morgan fingerprint density at radius 2 is 0.434 bits per heavy atom. The van der Waals surface area contributed by atoms with Gasteiger partial charge in [-0.15, -0.1) is 0 Å². The molecule has 0 aliphatic heterocycles. The molecule has 0 saturated carbocycles. The summed E-state index contributed by atoms with van der Waals surface area (Å²) >= 11 is 0. The maximum absolute atomic E-state index is 13.2. The van der Waals surface area contributed by atoms with E-state index in [2.05, 4.69) is 34.6 Å². The van der Waals surface area contributed by atoms with Crippen LogP contribution in [0.1, 0.15) is 471 Å². The molecule has 0 amide bonds. The molecule has 19 heteroatoms. The number of rotatable bonds is 87. The van der Waals surface area contributed by atoms with Crippen LogP contribution in [0.4, 0.5) is 0 Å². The molecular weight excluding hydrogens is 1380 g/mol. The van der Waals surface area contributed by atoms with Crippen LogP contribution in [0.2, 0.25) is 0 Å². The smallest absolute Gasteiger partial charge is 0.462 e. The zero-order valence-electron chi connectivity index (χ0n) is 69.6. The van der Waals surface area contributed by atoms with Crippen LogP contribution in [-0.2, 0) is 65.4 Å². The Morgan fingerprint density at radius 1 is 0.255 bits per heavy atom. The Balaban J connectivity index is 5.25. The highest BCUT2D eigenvalue weighted by molar-refractivity contribution is 7.47. The van der Waals surface area contributed by atoms with Crippen LogP contribution in [-0.4, -0.2) is 96.7 Å². The van der Waals surface area contributed by atoms with Crippen molar-refractivity contribution >= 4 is 39.5 Å². The van der Waals surface area contributed by atoms with Gasteiger partial charge in [-0.1, -0.05) is 420 Å². The molecule has 0 aliphatic carbocycles. The van der Waals surface area contributed by atoms with Crippen LogP contribution >= 0.6 is 15.6 Å². The lowest BCUT2D eigenvalue weighted by atomic mass is 10.0. The Bertz CT molecular complexity index is 2010. The molecule has 0 bridgehead atoms. The van der Waals surface area contributed by atoms with Crippen molar-refractivity contribution in [1.29, 1.82) is 0 Å². The average molecular weight is 1550 g/mol. The molecule has 0 aliphatic rings. The first-order valence-electron chi connectivity index (χ1n) is 45.1. The van der Waals surface area contributed by atoms with Crippen molar-refractivity contribution in [1.82, 2.24) is 0 Å². The summed E-state index contributed by atoms with van der Waals surface area (Å²) < 4.78 is 69.0. The molecule has 0 fully saturated rings. The van der Waals surface area contributed by atoms with E-state index in [0.717, 1.165) is 95.8 Å². The quantitative estimate of drug-likeness (QED) is 0.0222. The number of phosphoric acid groups is 2. The number of aliphatic hydroxyl groups excluding tert-OH is 1. The van der Waals surface area contributed by atoms with Gasteiger partial charge in [-0.05, 0) is 31.6 Å². The van der Waals surface area contributed by atoms with E-state index in [4.69, 9.17) is 37.0 Å². The minimum atomic E-state index is -4.97. The van der Waals surface area contributed by atoms with Gasteiger partial charge in [0.05, 0.1) is 26.4 Å². The summed E-state index contributed by atoms with van der Waals surface area (Å²) in [6, 6.07) is 0. The van der Waals surface area contributed by atoms with Gasteiger partial charge in [-0.25, -0.2) is 9.13 Å². The van der Waals surface area contributed by atoms with Gasteiger partial charge in [0.2, 0.25) is 0 Å². The lowest BCUT2D eigenvalue weighted by Gasteiger charge is -2.21. The van der Waals surface area contributed by atoms with Crippen LogP contribution in [0.3, 0.4) is 0 Å². The van der Waals surface area contributed by atoms with Crippen molar-refractivity contribution in [2.75, 3.05) is 39.6 Å². The molecule has 0 aromatic carbocycles. The van der Waals surface area contributed by atoms with E-state index in [9.17, 15) is 43.2 Å². The standard InChI is InChI=1S/C87H170O17P2/c1-6-9-12-15-18-21-24-27-29-36-41-46-51-56-61-66-71-85(90)98-77-83(104-87(92)73-68-63-58-53-48-43-38-34-32-31-33-35-40-44-49-54-59-64-69-80(4)5)79-102-106(95,96)100-75-81(88)74-99-105(93,94)101-78-82(76-97-84(89)70-65-60-55-50-45-39-26-23-20-17-14-11-8-3)103-86(91)72-67-62-57-52-47-42-37-30-28-25-22-19-16-13-10-7-2/h80-83,88H,6-79H2,1-5H3,(H,93,94)(H,95,96)/t81-,82+,83+/m0/s1. The van der Waals surface area contributed by atoms with Crippen LogP contribution in [0, 0.1) is 5.92 Å². The topological polar surface area (TPSA) is 237 Å². The molecule has 3 N–H and O–H groups in total. The summed E-state index contributed by atoms with van der Waals surface area (Å²) in [6.45, 7) is 7.42. The number of hydrogen-bond acceptors (Lipinski definition) is 15. The van der Waals surface area contributed by atoms with Gasteiger partial charge in [-0.3, -0.25) is 37.3 Å². The molecule has 0 aromatic heterocycles. The van der Waals surface area contributed by atoms with Gasteiger partial charge in [0.1, 0.15) is 19.3 Å². The van der Waals surface area contributed by atoms with Crippen LogP contribution in [0.25, 0.3) is 0 Å². The second kappa shape index (κ2) is 79.7. The van der Waals surface area contributed by atoms with Crippen molar-refractivity contribution in [3.05, 3.63) is 0 Å². The lowest BCUT2D eigenvalue weighted by molar-refractivity contribution is -0.161. The van der Waals surface area contributed by atoms with Crippen molar-refractivity contribution in [2.24, 2.45) is 5.92 Å². The van der Waals surface area contributed by atoms with Gasteiger partial charge in [-0.2, -0.15) is 0 Å². The van der Waals surface area contributed by atoms with Gasteiger partial charge >= 0.3 is 39.5 Å². The molecule has 106 heavy (non-hydrogen) atoms. The summed E-state index contributed by atoms with van der Waals surface area (Å²) in [5, 5.41) is 10.7. The number of carbonyl (C=O) groups is 4. The molecule has 0 spiro atoms. The molecule has 5 atom stereocenters. The first kappa shape index (κ1) is 104. The summed E-state index contributed by atoms with van der Waals surface area (Å²) in [5.41, 5.74) is 0. The molecule has 0 saturated heterocycles. The van der Waals surface area contributed by atoms with E-state index in [1.807, 2.05) is 0 Å². The normalized spacial score (nSPS) is 13.7. The fraction of sp³-hybridized carbons (Fsp3) is 0.954. The van der Waals surface area contributed by atoms with Gasteiger partial charge in [0, 0.05) is 25.7 Å². The number of carbonyl (C=O) groups excluding carboxylic acids is 4. The molecule has 630 valence electrons. The number of hydrogen-bond donors (Lipinski definition) is 3. The number of ether oxygens (including phenoxy) is 4. The second-order valence-corrected chi connectivity index (χ2v) is 34.7. The predicted molar refractivity (Wildman–Crippen MR) is 437 cm³/mol. The Labute approximate surface area is 651 Å². The van der Waals surface area contributed by atoms with Gasteiger partial charge in [0.15, 0.2) is 12.2 Å². The largest absolute Gasteiger partial charge is 0.472 e. The van der Waals surface area contributed by atoms with Crippen molar-refractivity contribution in [2.45, 2.75) is 490 Å². The van der Waals surface area contributed by atoms with Crippen molar-refractivity contribution in [3.8, 4) is 0 Å². The summed E-state index contributed by atoms with van der Waals surface area (Å²) in [7, 11) is -9.93. The third kappa shape index (κ3) is 80.1. The van der Waals surface area contributed by atoms with Crippen molar-refractivity contribution in [3.63, 3.8) is 0 Å². The number of phosphoric ester groups is 2. The molecule has 0 heterocycles. The first-order chi connectivity index (χ1) is 51.5. The maximum atomic E-state index is 13.2. The van der Waals surface area contributed by atoms with Crippen molar-refractivity contribution < 1.29 is 80.2 Å². The highest BCUT2D eigenvalue weighted by Crippen LogP contribution is 2.45. The second-order valence-electron chi connectivity index (χ2n) is 31.8. The van der Waals surface area contributed by atoms with E-state index >= 15 is 0 Å². The summed E-state index contributed by atoms with van der Waals surface area (Å²) in [6.07, 6.45) is 73.4. The molecule has 17 nitrogen and oxygen atoms in total. The SMILES string of the molecule is CCCCCCCCCCCCCCCCCCC(=O)OC[C@H](COP(=O)(O)OC[C@@H](O)COP(=O)(O)OC[C@@H](COC(=O)CCCCCCCCCCCCCCC)OC(=O)CCCCCCCCCCCCCCCCCC)OC(=O)CCCCCCCCCCCCCCCCCCCCC(C)C. The monoisotopic (exact) mass is 1550 g/mol. The predicted octanol–water partition coefficient (Wildman–Crippen LogP) is 26.8. The van der Waals surface area contributed by atoms with E-state index < -0.39 is 97.5 Å². The minimum Gasteiger partial charge on any atom is -0.462 e.